The van der Waals surface area contributed by atoms with E-state index in [0.29, 0.717) is 0 Å². The fourth-order valence-corrected chi connectivity index (χ4v) is 2.68. The van der Waals surface area contributed by atoms with Gasteiger partial charge >= 0.3 is 0 Å². The van der Waals surface area contributed by atoms with Crippen LogP contribution >= 0.6 is 0 Å². The van der Waals surface area contributed by atoms with Gasteiger partial charge in [-0.2, -0.15) is 5.26 Å². The van der Waals surface area contributed by atoms with Gasteiger partial charge < -0.3 is 5.32 Å². The molecule has 130 valence electrons. The van der Waals surface area contributed by atoms with E-state index in [4.69, 9.17) is 0 Å². The monoisotopic (exact) mass is 343 g/mol. The highest BCUT2D eigenvalue weighted by atomic mass is 15.0. The Morgan fingerprint density at radius 2 is 1.92 bits per heavy atom. The molecule has 0 atom stereocenters. The molecule has 3 rings (SSSR count). The minimum absolute atomic E-state index is 0.216. The van der Waals surface area contributed by atoms with Crippen molar-refractivity contribution in [3.63, 3.8) is 0 Å². The molecule has 26 heavy (non-hydrogen) atoms. The molecule has 5 nitrogen and oxygen atoms in total. The van der Waals surface area contributed by atoms with Gasteiger partial charge in [-0.3, -0.25) is 0 Å². The van der Waals surface area contributed by atoms with Crippen molar-refractivity contribution in [1.29, 1.82) is 5.26 Å². The fraction of sp³-hybridized carbons (Fsp3) is 0.238. The number of anilines is 1. The van der Waals surface area contributed by atoms with Crippen molar-refractivity contribution >= 4 is 5.82 Å². The predicted molar refractivity (Wildman–Crippen MR) is 103 cm³/mol. The van der Waals surface area contributed by atoms with Gasteiger partial charge in [-0.1, -0.05) is 18.2 Å². The number of nitrogens with one attached hydrogen (secondary N) is 1. The SMILES string of the molecule is Cc1ccc(-c2cc(CCCNc3ccccn3)nc(C#N)n2)cc1C. The maximum Gasteiger partial charge on any atom is 0.232 e. The largest absolute Gasteiger partial charge is 0.370 e. The molecule has 0 radical (unpaired) electrons. The van der Waals surface area contributed by atoms with Crippen LogP contribution in [0, 0.1) is 25.2 Å². The summed E-state index contributed by atoms with van der Waals surface area (Å²) in [4.78, 5) is 13.0. The van der Waals surface area contributed by atoms with Crippen LogP contribution in [0.1, 0.15) is 29.1 Å². The highest BCUT2D eigenvalue weighted by Gasteiger charge is 2.08. The molecular formula is C21H21N5. The summed E-state index contributed by atoms with van der Waals surface area (Å²) in [6.45, 7) is 4.96. The molecule has 1 N–H and O–H groups in total. The number of hydrogen-bond donors (Lipinski definition) is 1. The van der Waals surface area contributed by atoms with E-state index in [1.807, 2.05) is 30.3 Å². The Balaban J connectivity index is 1.71. The smallest absolute Gasteiger partial charge is 0.232 e. The Bertz CT molecular complexity index is 929. The number of benzene rings is 1. The number of hydrogen-bond acceptors (Lipinski definition) is 5. The zero-order valence-electron chi connectivity index (χ0n) is 15.0. The minimum atomic E-state index is 0.216. The molecule has 2 heterocycles. The number of nitrogens with zero attached hydrogens (tertiary/aromatic N) is 4. The van der Waals surface area contributed by atoms with Crippen molar-refractivity contribution in [2.75, 3.05) is 11.9 Å². The molecule has 0 unspecified atom stereocenters. The van der Waals surface area contributed by atoms with E-state index >= 15 is 0 Å². The number of nitriles is 1. The normalized spacial score (nSPS) is 10.3. The van der Waals surface area contributed by atoms with E-state index in [2.05, 4.69) is 52.3 Å². The van der Waals surface area contributed by atoms with E-state index in [9.17, 15) is 5.26 Å². The Morgan fingerprint density at radius 3 is 2.65 bits per heavy atom. The lowest BCUT2D eigenvalue weighted by atomic mass is 10.0. The molecule has 0 saturated heterocycles. The summed E-state index contributed by atoms with van der Waals surface area (Å²) in [7, 11) is 0. The molecule has 0 fully saturated rings. The van der Waals surface area contributed by atoms with E-state index in [0.717, 1.165) is 42.2 Å². The van der Waals surface area contributed by atoms with E-state index in [-0.39, 0.29) is 5.82 Å². The van der Waals surface area contributed by atoms with Gasteiger partial charge in [-0.15, -0.1) is 0 Å². The molecule has 2 aromatic heterocycles. The van der Waals surface area contributed by atoms with Crippen LogP contribution in [0.2, 0.25) is 0 Å². The van der Waals surface area contributed by atoms with Crippen molar-refractivity contribution in [2.24, 2.45) is 0 Å². The van der Waals surface area contributed by atoms with Crippen molar-refractivity contribution in [3.8, 4) is 17.3 Å². The van der Waals surface area contributed by atoms with Crippen LogP contribution in [-0.2, 0) is 6.42 Å². The predicted octanol–water partition coefficient (Wildman–Crippen LogP) is 4.07. The van der Waals surface area contributed by atoms with Gasteiger partial charge in [0.05, 0.1) is 5.69 Å². The maximum absolute atomic E-state index is 9.26. The van der Waals surface area contributed by atoms with E-state index in [1.54, 1.807) is 6.20 Å². The summed E-state index contributed by atoms with van der Waals surface area (Å²) < 4.78 is 0. The standard InChI is InChI=1S/C21H21N5/c1-15-8-9-17(12-16(15)2)19-13-18(25-21(14-22)26-19)6-5-11-24-20-7-3-4-10-23-20/h3-4,7-10,12-13H,5-6,11H2,1-2H3,(H,23,24). The number of aromatic nitrogens is 3. The number of aryl methyl sites for hydroxylation is 3. The molecule has 0 aliphatic rings. The first kappa shape index (κ1) is 17.6. The van der Waals surface area contributed by atoms with Crippen LogP contribution in [0.5, 0.6) is 0 Å². The first-order chi connectivity index (χ1) is 12.7. The summed E-state index contributed by atoms with van der Waals surface area (Å²) >= 11 is 0. The molecule has 0 saturated carbocycles. The van der Waals surface area contributed by atoms with Crippen LogP contribution in [0.15, 0.2) is 48.7 Å². The van der Waals surface area contributed by atoms with Crippen LogP contribution < -0.4 is 5.32 Å². The van der Waals surface area contributed by atoms with Crippen molar-refractivity contribution in [3.05, 3.63) is 71.3 Å². The molecule has 0 bridgehead atoms. The highest BCUT2D eigenvalue weighted by molar-refractivity contribution is 5.61. The average Bonchev–Trinajstić information content (AvgIpc) is 2.68. The Kier molecular flexibility index (Phi) is 5.55. The maximum atomic E-state index is 9.26. The van der Waals surface area contributed by atoms with E-state index in [1.165, 1.54) is 11.1 Å². The van der Waals surface area contributed by atoms with Crippen molar-refractivity contribution in [2.45, 2.75) is 26.7 Å². The van der Waals surface area contributed by atoms with Gasteiger partial charge in [-0.05, 0) is 62.1 Å². The second-order valence-electron chi connectivity index (χ2n) is 6.22. The topological polar surface area (TPSA) is 74.5 Å². The number of pyridine rings is 1. The highest BCUT2D eigenvalue weighted by Crippen LogP contribution is 2.21. The zero-order valence-corrected chi connectivity index (χ0v) is 15.0. The van der Waals surface area contributed by atoms with Crippen molar-refractivity contribution in [1.82, 2.24) is 15.0 Å². The summed E-state index contributed by atoms with van der Waals surface area (Å²) in [5.74, 6) is 1.08. The van der Waals surface area contributed by atoms with Crippen molar-refractivity contribution < 1.29 is 0 Å². The third kappa shape index (κ3) is 4.42. The van der Waals surface area contributed by atoms with Gasteiger partial charge in [0.25, 0.3) is 0 Å². The lowest BCUT2D eigenvalue weighted by Crippen LogP contribution is -2.06. The lowest BCUT2D eigenvalue weighted by Gasteiger charge is -2.08. The Morgan fingerprint density at radius 1 is 1.04 bits per heavy atom. The Hall–Kier alpha value is -3.26. The third-order valence-corrected chi connectivity index (χ3v) is 4.26. The molecule has 3 aromatic rings. The second kappa shape index (κ2) is 8.21. The average molecular weight is 343 g/mol. The molecular weight excluding hydrogens is 322 g/mol. The van der Waals surface area contributed by atoms with Gasteiger partial charge in [0.2, 0.25) is 5.82 Å². The summed E-state index contributed by atoms with van der Waals surface area (Å²) in [5.41, 5.74) is 5.14. The van der Waals surface area contributed by atoms with E-state index < -0.39 is 0 Å². The van der Waals surface area contributed by atoms with Gasteiger partial charge in [-0.25, -0.2) is 15.0 Å². The third-order valence-electron chi connectivity index (χ3n) is 4.26. The summed E-state index contributed by atoms with van der Waals surface area (Å²) in [6.07, 6.45) is 3.43. The Labute approximate surface area is 153 Å². The zero-order chi connectivity index (χ0) is 18.4. The molecule has 1 aromatic carbocycles. The summed E-state index contributed by atoms with van der Waals surface area (Å²) in [6, 6.07) is 16.1. The molecule has 5 heteroatoms. The number of rotatable bonds is 6. The lowest BCUT2D eigenvalue weighted by molar-refractivity contribution is 0.824. The van der Waals surface area contributed by atoms with Crippen LogP contribution in [0.4, 0.5) is 5.82 Å². The molecule has 0 aliphatic heterocycles. The van der Waals surface area contributed by atoms with Crippen LogP contribution in [-0.4, -0.2) is 21.5 Å². The molecule has 0 amide bonds. The second-order valence-corrected chi connectivity index (χ2v) is 6.22. The van der Waals surface area contributed by atoms with Gasteiger partial charge in [0.15, 0.2) is 0 Å². The first-order valence-electron chi connectivity index (χ1n) is 8.66. The minimum Gasteiger partial charge on any atom is -0.370 e. The van der Waals surface area contributed by atoms with Crippen LogP contribution in [0.3, 0.4) is 0 Å². The van der Waals surface area contributed by atoms with Gasteiger partial charge in [0, 0.05) is 24.0 Å². The first-order valence-corrected chi connectivity index (χ1v) is 8.66. The fourth-order valence-electron chi connectivity index (χ4n) is 2.68. The quantitative estimate of drug-likeness (QED) is 0.683. The molecule has 0 spiro atoms. The van der Waals surface area contributed by atoms with Crippen LogP contribution in [0.25, 0.3) is 11.3 Å². The summed E-state index contributed by atoms with van der Waals surface area (Å²) in [5, 5.41) is 12.5. The molecule has 0 aliphatic carbocycles. The van der Waals surface area contributed by atoms with Gasteiger partial charge in [0.1, 0.15) is 11.9 Å².